The summed E-state index contributed by atoms with van der Waals surface area (Å²) in [5.74, 6) is 2.18. The molecule has 0 aromatic heterocycles. The van der Waals surface area contributed by atoms with Crippen LogP contribution >= 0.6 is 11.6 Å². The molecule has 1 aromatic carbocycles. The highest BCUT2D eigenvalue weighted by Gasteiger charge is 2.51. The molecule has 0 radical (unpaired) electrons. The average Bonchev–Trinajstić information content (AvgIpc) is 2.53. The van der Waals surface area contributed by atoms with Crippen molar-refractivity contribution in [2.75, 3.05) is 0 Å². The summed E-state index contributed by atoms with van der Waals surface area (Å²) in [6.07, 6.45) is 8.40. The quantitative estimate of drug-likeness (QED) is 0.805. The molecule has 2 N–H and O–H groups in total. The SMILES string of the molecule is O=C(Cc1ccccc1Cl)NNC(=O)CC12CC3CC(CC(C3)C1)C2. The molecule has 0 spiro atoms. The number of halogens is 1. The van der Waals surface area contributed by atoms with E-state index in [-0.39, 0.29) is 23.7 Å². The lowest BCUT2D eigenvalue weighted by Gasteiger charge is -2.56. The average molecular weight is 361 g/mol. The third kappa shape index (κ3) is 3.69. The number of benzene rings is 1. The first-order valence-electron chi connectivity index (χ1n) is 9.32. The Bertz CT molecular complexity index is 653. The van der Waals surface area contributed by atoms with Crippen molar-refractivity contribution < 1.29 is 9.59 Å². The largest absolute Gasteiger partial charge is 0.273 e. The molecule has 4 fully saturated rings. The van der Waals surface area contributed by atoms with Crippen LogP contribution in [0.15, 0.2) is 24.3 Å². The molecule has 5 rings (SSSR count). The van der Waals surface area contributed by atoms with Gasteiger partial charge in [0.05, 0.1) is 6.42 Å². The van der Waals surface area contributed by atoms with Crippen LogP contribution in [0.1, 0.15) is 50.5 Å². The van der Waals surface area contributed by atoms with Gasteiger partial charge >= 0.3 is 0 Å². The van der Waals surface area contributed by atoms with Crippen LogP contribution in [0.25, 0.3) is 0 Å². The van der Waals surface area contributed by atoms with E-state index in [1.165, 1.54) is 38.5 Å². The van der Waals surface area contributed by atoms with Crippen molar-refractivity contribution in [3.05, 3.63) is 34.9 Å². The van der Waals surface area contributed by atoms with E-state index in [0.717, 1.165) is 23.3 Å². The van der Waals surface area contributed by atoms with Gasteiger partial charge in [-0.1, -0.05) is 29.8 Å². The molecule has 2 amide bonds. The summed E-state index contributed by atoms with van der Waals surface area (Å²) in [4.78, 5) is 24.4. The molecule has 5 heteroatoms. The maximum atomic E-state index is 12.4. The van der Waals surface area contributed by atoms with Crippen molar-refractivity contribution in [3.63, 3.8) is 0 Å². The molecule has 0 heterocycles. The van der Waals surface area contributed by atoms with Gasteiger partial charge in [-0.05, 0) is 73.3 Å². The second kappa shape index (κ2) is 6.64. The zero-order valence-corrected chi connectivity index (χ0v) is 15.1. The molecule has 134 valence electrons. The van der Waals surface area contributed by atoms with Gasteiger partial charge in [0.15, 0.2) is 0 Å². The lowest BCUT2D eigenvalue weighted by Crippen LogP contribution is -2.50. The van der Waals surface area contributed by atoms with Crippen molar-refractivity contribution in [2.45, 2.75) is 51.4 Å². The van der Waals surface area contributed by atoms with Crippen molar-refractivity contribution in [1.82, 2.24) is 10.9 Å². The normalized spacial score (nSPS) is 32.4. The summed E-state index contributed by atoms with van der Waals surface area (Å²) in [7, 11) is 0. The fraction of sp³-hybridized carbons (Fsp3) is 0.600. The molecule has 25 heavy (non-hydrogen) atoms. The fourth-order valence-electron chi connectivity index (χ4n) is 5.89. The number of hydrazine groups is 1. The predicted octanol–water partition coefficient (Wildman–Crippen LogP) is 3.64. The molecule has 4 aliphatic rings. The topological polar surface area (TPSA) is 58.2 Å². The fourth-order valence-corrected chi connectivity index (χ4v) is 6.09. The molecule has 0 unspecified atom stereocenters. The second-order valence-electron chi connectivity index (χ2n) is 8.46. The Kier molecular flexibility index (Phi) is 4.48. The van der Waals surface area contributed by atoms with Gasteiger partial charge in [0, 0.05) is 11.4 Å². The Balaban J connectivity index is 1.28. The molecule has 0 atom stereocenters. The summed E-state index contributed by atoms with van der Waals surface area (Å²) >= 11 is 6.07. The number of rotatable bonds is 4. The molecule has 4 aliphatic carbocycles. The van der Waals surface area contributed by atoms with Crippen LogP contribution in [0.5, 0.6) is 0 Å². The minimum atomic E-state index is -0.244. The van der Waals surface area contributed by atoms with E-state index >= 15 is 0 Å². The molecule has 0 aliphatic heterocycles. The van der Waals surface area contributed by atoms with Gasteiger partial charge in [0.1, 0.15) is 0 Å². The molecule has 4 saturated carbocycles. The molecular weight excluding hydrogens is 336 g/mol. The Hall–Kier alpha value is -1.55. The molecule has 1 aromatic rings. The smallest absolute Gasteiger partial charge is 0.242 e. The zero-order valence-electron chi connectivity index (χ0n) is 14.4. The van der Waals surface area contributed by atoms with Gasteiger partial charge < -0.3 is 0 Å². The van der Waals surface area contributed by atoms with Gasteiger partial charge in [0.25, 0.3) is 0 Å². The maximum absolute atomic E-state index is 12.4. The van der Waals surface area contributed by atoms with Crippen LogP contribution in [-0.4, -0.2) is 11.8 Å². The van der Waals surface area contributed by atoms with Gasteiger partial charge in [-0.25, -0.2) is 0 Å². The van der Waals surface area contributed by atoms with Gasteiger partial charge in [-0.2, -0.15) is 0 Å². The van der Waals surface area contributed by atoms with Gasteiger partial charge in [-0.3, -0.25) is 20.4 Å². The first-order chi connectivity index (χ1) is 12.0. The van der Waals surface area contributed by atoms with E-state index in [9.17, 15) is 9.59 Å². The predicted molar refractivity (Wildman–Crippen MR) is 96.7 cm³/mol. The summed E-state index contributed by atoms with van der Waals surface area (Å²) in [5, 5.41) is 0.567. The highest BCUT2D eigenvalue weighted by atomic mass is 35.5. The lowest BCUT2D eigenvalue weighted by molar-refractivity contribution is -0.134. The molecular formula is C20H25ClN2O2. The number of amides is 2. The molecule has 4 nitrogen and oxygen atoms in total. The first kappa shape index (κ1) is 16.9. The lowest BCUT2D eigenvalue weighted by atomic mass is 9.49. The Morgan fingerprint density at radius 2 is 1.52 bits per heavy atom. The van der Waals surface area contributed by atoms with E-state index < -0.39 is 0 Å². The van der Waals surface area contributed by atoms with E-state index in [2.05, 4.69) is 10.9 Å². The highest BCUT2D eigenvalue weighted by molar-refractivity contribution is 6.31. The summed E-state index contributed by atoms with van der Waals surface area (Å²) in [6.45, 7) is 0. The zero-order chi connectivity index (χ0) is 17.4. The summed E-state index contributed by atoms with van der Waals surface area (Å²) < 4.78 is 0. The minimum absolute atomic E-state index is 0.0607. The Morgan fingerprint density at radius 3 is 2.12 bits per heavy atom. The number of carbonyl (C=O) groups is 2. The maximum Gasteiger partial charge on any atom is 0.242 e. The van der Waals surface area contributed by atoms with E-state index in [1.54, 1.807) is 6.07 Å². The number of nitrogens with one attached hydrogen (secondary N) is 2. The second-order valence-corrected chi connectivity index (χ2v) is 8.87. The number of hydrogen-bond acceptors (Lipinski definition) is 2. The summed E-state index contributed by atoms with van der Waals surface area (Å²) in [6, 6.07) is 7.26. The first-order valence-corrected chi connectivity index (χ1v) is 9.70. The number of hydrogen-bond donors (Lipinski definition) is 2. The highest BCUT2D eigenvalue weighted by Crippen LogP contribution is 2.61. The Labute approximate surface area is 153 Å². The third-order valence-electron chi connectivity index (χ3n) is 6.35. The van der Waals surface area contributed by atoms with E-state index in [1.807, 2.05) is 18.2 Å². The van der Waals surface area contributed by atoms with Crippen molar-refractivity contribution in [3.8, 4) is 0 Å². The third-order valence-corrected chi connectivity index (χ3v) is 6.72. The van der Waals surface area contributed by atoms with Crippen molar-refractivity contribution in [2.24, 2.45) is 23.2 Å². The van der Waals surface area contributed by atoms with Crippen LogP contribution in [-0.2, 0) is 16.0 Å². The standard InChI is InChI=1S/C20H25ClN2O2/c21-17-4-2-1-3-16(17)8-18(24)22-23-19(25)12-20-9-13-5-14(10-20)7-15(6-13)11-20/h1-4,13-15H,5-12H2,(H,22,24)(H,23,25). The molecule has 0 saturated heterocycles. The van der Waals surface area contributed by atoms with Crippen LogP contribution in [0.2, 0.25) is 5.02 Å². The number of carbonyl (C=O) groups excluding carboxylic acids is 2. The van der Waals surface area contributed by atoms with Crippen LogP contribution in [0, 0.1) is 23.2 Å². The van der Waals surface area contributed by atoms with Crippen LogP contribution in [0.3, 0.4) is 0 Å². The summed E-state index contributed by atoms with van der Waals surface area (Å²) in [5.41, 5.74) is 6.11. The van der Waals surface area contributed by atoms with E-state index in [0.29, 0.717) is 11.4 Å². The Morgan fingerprint density at radius 1 is 0.960 bits per heavy atom. The minimum Gasteiger partial charge on any atom is -0.273 e. The van der Waals surface area contributed by atoms with Crippen molar-refractivity contribution >= 4 is 23.4 Å². The van der Waals surface area contributed by atoms with Crippen LogP contribution in [0.4, 0.5) is 0 Å². The molecule has 4 bridgehead atoms. The monoisotopic (exact) mass is 360 g/mol. The van der Waals surface area contributed by atoms with Crippen LogP contribution < -0.4 is 10.9 Å². The van der Waals surface area contributed by atoms with Crippen molar-refractivity contribution in [1.29, 1.82) is 0 Å². The van der Waals surface area contributed by atoms with Gasteiger partial charge in [0.2, 0.25) is 11.8 Å². The van der Waals surface area contributed by atoms with E-state index in [4.69, 9.17) is 11.6 Å². The van der Waals surface area contributed by atoms with Gasteiger partial charge in [-0.15, -0.1) is 0 Å².